The van der Waals surface area contributed by atoms with Crippen LogP contribution in [0.25, 0.3) is 22.6 Å². The molecule has 0 unspecified atom stereocenters. The lowest BCUT2D eigenvalue weighted by Crippen LogP contribution is -2.38. The summed E-state index contributed by atoms with van der Waals surface area (Å²) in [6.45, 7) is 4.95. The standard InChI is InChI=1S/C20H18N6O2/c21-11-15-13-23-20-18(17(15)12-22)24-19(25-20)14-1-3-16(4-2-14)28-10-7-26-5-8-27-9-6-26/h1-4,13H,5-10H2,(H,23,24,25). The Labute approximate surface area is 162 Å². The van der Waals surface area contributed by atoms with E-state index in [1.807, 2.05) is 36.4 Å². The summed E-state index contributed by atoms with van der Waals surface area (Å²) in [5, 5.41) is 18.4. The molecule has 3 aromatic rings. The lowest BCUT2D eigenvalue weighted by Gasteiger charge is -2.26. The largest absolute Gasteiger partial charge is 0.492 e. The summed E-state index contributed by atoms with van der Waals surface area (Å²) in [6, 6.07) is 11.6. The summed E-state index contributed by atoms with van der Waals surface area (Å²) in [5.74, 6) is 1.38. The second-order valence-corrected chi connectivity index (χ2v) is 6.38. The highest BCUT2D eigenvalue weighted by Crippen LogP contribution is 2.24. The van der Waals surface area contributed by atoms with Crippen LogP contribution in [0.3, 0.4) is 0 Å². The van der Waals surface area contributed by atoms with Gasteiger partial charge < -0.3 is 14.5 Å². The van der Waals surface area contributed by atoms with Gasteiger partial charge in [0.25, 0.3) is 0 Å². The molecule has 1 saturated heterocycles. The van der Waals surface area contributed by atoms with Crippen LogP contribution in [0.4, 0.5) is 0 Å². The third-order valence-electron chi connectivity index (χ3n) is 4.65. The number of morpholine rings is 1. The van der Waals surface area contributed by atoms with Crippen LogP contribution in [0.2, 0.25) is 0 Å². The van der Waals surface area contributed by atoms with E-state index in [0.29, 0.717) is 23.6 Å². The Morgan fingerprint density at radius 3 is 2.64 bits per heavy atom. The van der Waals surface area contributed by atoms with Crippen molar-refractivity contribution in [3.05, 3.63) is 41.6 Å². The number of nitrogens with one attached hydrogen (secondary N) is 1. The van der Waals surface area contributed by atoms with Gasteiger partial charge in [-0.15, -0.1) is 0 Å². The smallest absolute Gasteiger partial charge is 0.159 e. The molecule has 8 heteroatoms. The molecule has 0 amide bonds. The van der Waals surface area contributed by atoms with Crippen molar-refractivity contribution in [3.63, 3.8) is 0 Å². The SMILES string of the molecule is N#Cc1cnc2[nH]c(-c3ccc(OCCN4CCOCC4)cc3)nc2c1C#N. The summed E-state index contributed by atoms with van der Waals surface area (Å²) in [7, 11) is 0. The van der Waals surface area contributed by atoms with Gasteiger partial charge in [0.15, 0.2) is 5.65 Å². The molecular weight excluding hydrogens is 356 g/mol. The Kier molecular flexibility index (Phi) is 5.16. The molecule has 3 heterocycles. The molecular formula is C20H18N6O2. The fraction of sp³-hybridized carbons (Fsp3) is 0.300. The first kappa shape index (κ1) is 17.9. The van der Waals surface area contributed by atoms with Gasteiger partial charge in [-0.05, 0) is 24.3 Å². The summed E-state index contributed by atoms with van der Waals surface area (Å²) in [4.78, 5) is 14.1. The molecule has 28 heavy (non-hydrogen) atoms. The monoisotopic (exact) mass is 374 g/mol. The Bertz CT molecular complexity index is 1060. The highest BCUT2D eigenvalue weighted by Gasteiger charge is 2.14. The van der Waals surface area contributed by atoms with Gasteiger partial charge >= 0.3 is 0 Å². The average Bonchev–Trinajstić information content (AvgIpc) is 3.18. The van der Waals surface area contributed by atoms with E-state index in [1.54, 1.807) is 0 Å². The first-order valence-electron chi connectivity index (χ1n) is 9.01. The number of H-pyrrole nitrogens is 1. The number of benzene rings is 1. The number of ether oxygens (including phenoxy) is 2. The zero-order chi connectivity index (χ0) is 19.3. The van der Waals surface area contributed by atoms with E-state index in [2.05, 4.69) is 19.9 Å². The number of hydrogen-bond donors (Lipinski definition) is 1. The van der Waals surface area contributed by atoms with Gasteiger partial charge in [-0.2, -0.15) is 10.5 Å². The number of imidazole rings is 1. The topological polar surface area (TPSA) is 111 Å². The Morgan fingerprint density at radius 1 is 1.14 bits per heavy atom. The molecule has 0 radical (unpaired) electrons. The van der Waals surface area contributed by atoms with Crippen LogP contribution >= 0.6 is 0 Å². The number of rotatable bonds is 5. The van der Waals surface area contributed by atoms with E-state index in [9.17, 15) is 5.26 Å². The molecule has 1 fully saturated rings. The van der Waals surface area contributed by atoms with Crippen molar-refractivity contribution in [3.8, 4) is 29.3 Å². The number of fused-ring (bicyclic) bond motifs is 1. The molecule has 4 rings (SSSR count). The number of aromatic nitrogens is 3. The van der Waals surface area contributed by atoms with Crippen LogP contribution in [0.15, 0.2) is 30.5 Å². The van der Waals surface area contributed by atoms with E-state index >= 15 is 0 Å². The van der Waals surface area contributed by atoms with Crippen molar-refractivity contribution in [2.24, 2.45) is 0 Å². The highest BCUT2D eigenvalue weighted by atomic mass is 16.5. The average molecular weight is 374 g/mol. The van der Waals surface area contributed by atoms with Gasteiger partial charge in [-0.3, -0.25) is 4.90 Å². The first-order valence-corrected chi connectivity index (χ1v) is 9.01. The molecule has 1 N–H and O–H groups in total. The normalized spacial score (nSPS) is 14.5. The quantitative estimate of drug-likeness (QED) is 0.728. The Hall–Kier alpha value is -3.46. The molecule has 1 aliphatic heterocycles. The van der Waals surface area contributed by atoms with Crippen molar-refractivity contribution in [2.75, 3.05) is 39.5 Å². The van der Waals surface area contributed by atoms with Crippen LogP contribution in [-0.2, 0) is 4.74 Å². The number of aromatic amines is 1. The zero-order valence-electron chi connectivity index (χ0n) is 15.2. The zero-order valence-corrected chi connectivity index (χ0v) is 15.2. The Morgan fingerprint density at radius 2 is 1.93 bits per heavy atom. The predicted octanol–water partition coefficient (Wildman–Crippen LogP) is 2.08. The molecule has 0 bridgehead atoms. The highest BCUT2D eigenvalue weighted by molar-refractivity contribution is 5.83. The van der Waals surface area contributed by atoms with Crippen molar-refractivity contribution >= 4 is 11.2 Å². The fourth-order valence-corrected chi connectivity index (χ4v) is 3.11. The maximum Gasteiger partial charge on any atom is 0.159 e. The van der Waals surface area contributed by atoms with Crippen LogP contribution in [0.5, 0.6) is 5.75 Å². The molecule has 1 aliphatic rings. The minimum absolute atomic E-state index is 0.220. The molecule has 140 valence electrons. The lowest BCUT2D eigenvalue weighted by molar-refractivity contribution is 0.0322. The second kappa shape index (κ2) is 8.05. The molecule has 0 aliphatic carbocycles. The van der Waals surface area contributed by atoms with Crippen molar-refractivity contribution in [1.82, 2.24) is 19.9 Å². The molecule has 0 spiro atoms. The van der Waals surface area contributed by atoms with Crippen LogP contribution < -0.4 is 4.74 Å². The van der Waals surface area contributed by atoms with E-state index < -0.39 is 0 Å². The van der Waals surface area contributed by atoms with Gasteiger partial charge in [0, 0.05) is 31.4 Å². The van der Waals surface area contributed by atoms with Gasteiger partial charge in [0.1, 0.15) is 41.4 Å². The number of nitrogens with zero attached hydrogens (tertiary/aromatic N) is 5. The molecule has 2 aromatic heterocycles. The molecule has 1 aromatic carbocycles. The third-order valence-corrected chi connectivity index (χ3v) is 4.65. The summed E-state index contributed by atoms with van der Waals surface area (Å²) in [5.41, 5.74) is 2.19. The number of hydrogen-bond acceptors (Lipinski definition) is 7. The van der Waals surface area contributed by atoms with Crippen LogP contribution in [0.1, 0.15) is 11.1 Å². The first-order chi connectivity index (χ1) is 13.8. The molecule has 0 saturated carbocycles. The number of pyridine rings is 1. The third kappa shape index (κ3) is 3.65. The predicted molar refractivity (Wildman–Crippen MR) is 102 cm³/mol. The fourth-order valence-electron chi connectivity index (χ4n) is 3.11. The van der Waals surface area contributed by atoms with Crippen molar-refractivity contribution in [2.45, 2.75) is 0 Å². The Balaban J connectivity index is 1.46. The van der Waals surface area contributed by atoms with Crippen LogP contribution in [0, 0.1) is 22.7 Å². The van der Waals surface area contributed by atoms with Gasteiger partial charge in [0.05, 0.1) is 18.8 Å². The summed E-state index contributed by atoms with van der Waals surface area (Å²) < 4.78 is 11.2. The van der Waals surface area contributed by atoms with Crippen molar-refractivity contribution < 1.29 is 9.47 Å². The minimum Gasteiger partial charge on any atom is -0.492 e. The maximum absolute atomic E-state index is 9.33. The maximum atomic E-state index is 9.33. The summed E-state index contributed by atoms with van der Waals surface area (Å²) >= 11 is 0. The van der Waals surface area contributed by atoms with E-state index in [4.69, 9.17) is 14.7 Å². The van der Waals surface area contributed by atoms with E-state index in [-0.39, 0.29) is 11.1 Å². The van der Waals surface area contributed by atoms with Gasteiger partial charge in [0.2, 0.25) is 0 Å². The van der Waals surface area contributed by atoms with Crippen molar-refractivity contribution in [1.29, 1.82) is 10.5 Å². The minimum atomic E-state index is 0.220. The second-order valence-electron chi connectivity index (χ2n) is 6.38. The van der Waals surface area contributed by atoms with Gasteiger partial charge in [-0.1, -0.05) is 0 Å². The summed E-state index contributed by atoms with van der Waals surface area (Å²) in [6.07, 6.45) is 1.38. The lowest BCUT2D eigenvalue weighted by atomic mass is 10.1. The number of nitriles is 2. The molecule has 0 atom stereocenters. The van der Waals surface area contributed by atoms with E-state index in [0.717, 1.165) is 44.2 Å². The van der Waals surface area contributed by atoms with E-state index in [1.165, 1.54) is 6.20 Å². The van der Waals surface area contributed by atoms with Crippen LogP contribution in [-0.4, -0.2) is 59.3 Å². The van der Waals surface area contributed by atoms with Gasteiger partial charge in [-0.25, -0.2) is 9.97 Å². The molecule has 8 nitrogen and oxygen atoms in total.